The van der Waals surface area contributed by atoms with Crippen molar-refractivity contribution in [2.75, 3.05) is 5.32 Å². The Bertz CT molecular complexity index is 908. The first-order valence-electron chi connectivity index (χ1n) is 8.28. The Kier molecular flexibility index (Phi) is 3.48. The van der Waals surface area contributed by atoms with E-state index in [1.54, 1.807) is 12.1 Å². The molecular formula is C19H18N4O2. The summed E-state index contributed by atoms with van der Waals surface area (Å²) in [4.78, 5) is 12.1. The summed E-state index contributed by atoms with van der Waals surface area (Å²) in [5.74, 6) is 3.10. The molecule has 2 fully saturated rings. The molecule has 1 amide bonds. The van der Waals surface area contributed by atoms with E-state index in [1.165, 1.54) is 6.07 Å². The Morgan fingerprint density at radius 3 is 2.68 bits per heavy atom. The minimum atomic E-state index is -0.760. The lowest BCUT2D eigenvalue weighted by Crippen LogP contribution is -2.38. The molecule has 2 aromatic rings. The summed E-state index contributed by atoms with van der Waals surface area (Å²) in [6.45, 7) is 0. The van der Waals surface area contributed by atoms with E-state index in [0.717, 1.165) is 18.4 Å². The van der Waals surface area contributed by atoms with Crippen LogP contribution in [0.4, 0.5) is 5.82 Å². The van der Waals surface area contributed by atoms with E-state index in [1.807, 2.05) is 6.07 Å². The van der Waals surface area contributed by atoms with Gasteiger partial charge in [0.1, 0.15) is 11.4 Å². The van der Waals surface area contributed by atoms with Crippen molar-refractivity contribution in [2.24, 2.45) is 5.73 Å². The first-order chi connectivity index (χ1) is 12.0. The predicted octanol–water partition coefficient (Wildman–Crippen LogP) is 2.14. The van der Waals surface area contributed by atoms with E-state index in [9.17, 15) is 9.90 Å². The SMILES string of the molecule is C#Cc1ccc(-c2nnc(NC(=O)C3(N)CC3)cc2C2CC2)c(O)c1. The number of phenols is 1. The molecule has 0 aliphatic heterocycles. The van der Waals surface area contributed by atoms with Gasteiger partial charge in [-0.1, -0.05) is 5.92 Å². The van der Waals surface area contributed by atoms with Crippen molar-refractivity contribution < 1.29 is 9.90 Å². The van der Waals surface area contributed by atoms with Crippen LogP contribution in [-0.4, -0.2) is 26.7 Å². The van der Waals surface area contributed by atoms with E-state index in [0.29, 0.717) is 41.4 Å². The van der Waals surface area contributed by atoms with Crippen molar-refractivity contribution in [3.8, 4) is 29.4 Å². The highest BCUT2D eigenvalue weighted by atomic mass is 16.3. The van der Waals surface area contributed by atoms with Crippen LogP contribution in [0.15, 0.2) is 24.3 Å². The summed E-state index contributed by atoms with van der Waals surface area (Å²) in [6.07, 6.45) is 8.85. The summed E-state index contributed by atoms with van der Waals surface area (Å²) in [5, 5.41) is 21.4. The number of hydrogen-bond acceptors (Lipinski definition) is 5. The Morgan fingerprint density at radius 1 is 1.32 bits per heavy atom. The van der Waals surface area contributed by atoms with Crippen molar-refractivity contribution in [3.63, 3.8) is 0 Å². The molecule has 0 spiro atoms. The number of phenolic OH excluding ortho intramolecular Hbond substituents is 1. The largest absolute Gasteiger partial charge is 0.507 e. The molecule has 0 bridgehead atoms. The Labute approximate surface area is 145 Å². The normalized spacial score (nSPS) is 17.6. The molecule has 6 heteroatoms. The van der Waals surface area contributed by atoms with Crippen LogP contribution >= 0.6 is 0 Å². The highest BCUT2D eigenvalue weighted by Gasteiger charge is 2.46. The van der Waals surface area contributed by atoms with Gasteiger partial charge in [0, 0.05) is 11.1 Å². The number of aromatic hydroxyl groups is 1. The Balaban J connectivity index is 1.69. The molecule has 126 valence electrons. The van der Waals surface area contributed by atoms with Gasteiger partial charge in [-0.3, -0.25) is 4.79 Å². The van der Waals surface area contributed by atoms with Gasteiger partial charge in [-0.05, 0) is 61.4 Å². The molecule has 6 nitrogen and oxygen atoms in total. The number of amides is 1. The van der Waals surface area contributed by atoms with Crippen LogP contribution in [0.1, 0.15) is 42.7 Å². The van der Waals surface area contributed by atoms with E-state index >= 15 is 0 Å². The van der Waals surface area contributed by atoms with Crippen LogP contribution in [0.25, 0.3) is 11.3 Å². The number of carbonyl (C=O) groups excluding carboxylic acids is 1. The summed E-state index contributed by atoms with van der Waals surface area (Å²) in [5.41, 5.74) is 7.92. The second-order valence-corrected chi connectivity index (χ2v) is 6.79. The average Bonchev–Trinajstić information content (AvgIpc) is 3.51. The van der Waals surface area contributed by atoms with Crippen LogP contribution in [-0.2, 0) is 4.79 Å². The van der Waals surface area contributed by atoms with Crippen molar-refractivity contribution in [2.45, 2.75) is 37.1 Å². The first-order valence-corrected chi connectivity index (χ1v) is 8.28. The van der Waals surface area contributed by atoms with E-state index in [-0.39, 0.29) is 11.7 Å². The van der Waals surface area contributed by atoms with E-state index < -0.39 is 5.54 Å². The molecule has 0 radical (unpaired) electrons. The van der Waals surface area contributed by atoms with Gasteiger partial charge in [-0.15, -0.1) is 16.6 Å². The van der Waals surface area contributed by atoms with Crippen molar-refractivity contribution in [1.29, 1.82) is 0 Å². The fourth-order valence-electron chi connectivity index (χ4n) is 2.81. The number of nitrogens with one attached hydrogen (secondary N) is 1. The van der Waals surface area contributed by atoms with E-state index in [4.69, 9.17) is 12.2 Å². The molecule has 25 heavy (non-hydrogen) atoms. The molecule has 2 saturated carbocycles. The zero-order valence-corrected chi connectivity index (χ0v) is 13.6. The summed E-state index contributed by atoms with van der Waals surface area (Å²) < 4.78 is 0. The van der Waals surface area contributed by atoms with Gasteiger partial charge in [0.05, 0.1) is 5.54 Å². The maximum Gasteiger partial charge on any atom is 0.245 e. The number of carbonyl (C=O) groups is 1. The van der Waals surface area contributed by atoms with Gasteiger partial charge in [0.15, 0.2) is 5.82 Å². The van der Waals surface area contributed by atoms with Gasteiger partial charge >= 0.3 is 0 Å². The van der Waals surface area contributed by atoms with Crippen molar-refractivity contribution in [3.05, 3.63) is 35.4 Å². The summed E-state index contributed by atoms with van der Waals surface area (Å²) in [7, 11) is 0. The molecule has 1 aromatic heterocycles. The molecule has 1 aromatic carbocycles. The molecule has 0 unspecified atom stereocenters. The monoisotopic (exact) mass is 334 g/mol. The molecule has 0 saturated heterocycles. The molecule has 1 heterocycles. The number of terminal acetylenes is 1. The zero-order valence-electron chi connectivity index (χ0n) is 13.6. The standard InChI is InChI=1S/C19H18N4O2/c1-2-11-3-6-13(15(24)9-11)17-14(12-4-5-12)10-16(22-23-17)21-18(25)19(20)7-8-19/h1,3,6,9-10,12,24H,4-5,7-8,20H2,(H,21,22,25). The minimum Gasteiger partial charge on any atom is -0.507 e. The average molecular weight is 334 g/mol. The predicted molar refractivity (Wildman–Crippen MR) is 93.8 cm³/mol. The Hall–Kier alpha value is -2.91. The number of hydrogen-bond donors (Lipinski definition) is 3. The van der Waals surface area contributed by atoms with Crippen LogP contribution in [0.5, 0.6) is 5.75 Å². The third-order valence-electron chi connectivity index (χ3n) is 4.74. The van der Waals surface area contributed by atoms with Gasteiger partial charge < -0.3 is 16.2 Å². The minimum absolute atomic E-state index is 0.0716. The second-order valence-electron chi connectivity index (χ2n) is 6.79. The summed E-state index contributed by atoms with van der Waals surface area (Å²) >= 11 is 0. The molecule has 0 atom stereocenters. The summed E-state index contributed by atoms with van der Waals surface area (Å²) in [6, 6.07) is 6.87. The second kappa shape index (κ2) is 5.57. The quantitative estimate of drug-likeness (QED) is 0.744. The van der Waals surface area contributed by atoms with Crippen LogP contribution in [0, 0.1) is 12.3 Å². The van der Waals surface area contributed by atoms with E-state index in [2.05, 4.69) is 21.4 Å². The smallest absolute Gasteiger partial charge is 0.245 e. The molecular weight excluding hydrogens is 316 g/mol. The zero-order chi connectivity index (χ0) is 17.6. The number of anilines is 1. The van der Waals surface area contributed by atoms with Crippen molar-refractivity contribution in [1.82, 2.24) is 10.2 Å². The van der Waals surface area contributed by atoms with Gasteiger partial charge in [0.25, 0.3) is 0 Å². The maximum absolute atomic E-state index is 12.1. The maximum atomic E-state index is 12.1. The number of aromatic nitrogens is 2. The molecule has 4 rings (SSSR count). The van der Waals surface area contributed by atoms with Crippen molar-refractivity contribution >= 4 is 11.7 Å². The lowest BCUT2D eigenvalue weighted by molar-refractivity contribution is -0.118. The van der Waals surface area contributed by atoms with Crippen LogP contribution in [0.2, 0.25) is 0 Å². The third kappa shape index (κ3) is 2.94. The Morgan fingerprint density at radius 2 is 2.08 bits per heavy atom. The van der Waals surface area contributed by atoms with Gasteiger partial charge in [-0.25, -0.2) is 0 Å². The number of nitrogens with zero attached hydrogens (tertiary/aromatic N) is 2. The lowest BCUT2D eigenvalue weighted by atomic mass is 10.0. The number of benzene rings is 1. The highest BCUT2D eigenvalue weighted by molar-refractivity contribution is 5.99. The van der Waals surface area contributed by atoms with Gasteiger partial charge in [-0.2, -0.15) is 0 Å². The fraction of sp³-hybridized carbons (Fsp3) is 0.316. The van der Waals surface area contributed by atoms with Crippen LogP contribution < -0.4 is 11.1 Å². The lowest BCUT2D eigenvalue weighted by Gasteiger charge is -2.13. The molecule has 2 aliphatic rings. The highest BCUT2D eigenvalue weighted by Crippen LogP contribution is 2.45. The fourth-order valence-corrected chi connectivity index (χ4v) is 2.81. The van der Waals surface area contributed by atoms with Crippen LogP contribution in [0.3, 0.4) is 0 Å². The van der Waals surface area contributed by atoms with Gasteiger partial charge in [0.2, 0.25) is 5.91 Å². The number of nitrogens with two attached hydrogens (primary N) is 1. The molecule has 4 N–H and O–H groups in total. The topological polar surface area (TPSA) is 101 Å². The first kappa shape index (κ1) is 15.6. The number of rotatable bonds is 4. The third-order valence-corrected chi connectivity index (χ3v) is 4.74. The molecule has 2 aliphatic carbocycles.